The summed E-state index contributed by atoms with van der Waals surface area (Å²) < 4.78 is 0. The van der Waals surface area contributed by atoms with E-state index in [9.17, 15) is 14.4 Å². The number of urea groups is 1. The van der Waals surface area contributed by atoms with E-state index >= 15 is 0 Å². The summed E-state index contributed by atoms with van der Waals surface area (Å²) >= 11 is 0. The molecule has 7 heteroatoms. The summed E-state index contributed by atoms with van der Waals surface area (Å²) in [5, 5.41) is 14.2. The molecule has 2 atom stereocenters. The topological polar surface area (TPSA) is 98.7 Å². The van der Waals surface area contributed by atoms with Crippen LogP contribution in [-0.4, -0.2) is 34.5 Å². The Hall–Kier alpha value is -4.13. The maximum atomic E-state index is 13.3. The molecule has 0 aliphatic carbocycles. The molecule has 174 valence electrons. The average Bonchev–Trinajstić information content (AvgIpc) is 3.30. The number of nitrogens with zero attached hydrogens (tertiary/aromatic N) is 1. The lowest BCUT2D eigenvalue weighted by molar-refractivity contribution is -0.136. The highest BCUT2D eigenvalue weighted by Crippen LogP contribution is 2.43. The standard InChI is InChI=1S/C27H27N3O4/c31-25(18-28-27(34)29-22-13-11-19(12-14-22)17-26(32)33)30-23(20-7-3-1-4-8-20)15-16-24(30)21-9-5-2-6-10-21/h1-14,23-24H,15-18H2,(H,32,33)(H2,28,29,34). The summed E-state index contributed by atoms with van der Waals surface area (Å²) in [6, 6.07) is 25.9. The van der Waals surface area contributed by atoms with Crippen molar-refractivity contribution in [3.05, 3.63) is 102 Å². The quantitative estimate of drug-likeness (QED) is 0.485. The maximum absolute atomic E-state index is 13.3. The summed E-state index contributed by atoms with van der Waals surface area (Å²) in [7, 11) is 0. The lowest BCUT2D eigenvalue weighted by Crippen LogP contribution is -2.42. The van der Waals surface area contributed by atoms with Gasteiger partial charge in [0, 0.05) is 5.69 Å². The third-order valence-electron chi connectivity index (χ3n) is 6.01. The second kappa shape index (κ2) is 10.7. The molecule has 1 aliphatic rings. The molecule has 7 nitrogen and oxygen atoms in total. The minimum atomic E-state index is -0.915. The molecule has 1 saturated heterocycles. The van der Waals surface area contributed by atoms with E-state index in [1.807, 2.05) is 65.6 Å². The monoisotopic (exact) mass is 457 g/mol. The van der Waals surface area contributed by atoms with E-state index in [0.717, 1.165) is 24.0 Å². The van der Waals surface area contributed by atoms with Crippen LogP contribution >= 0.6 is 0 Å². The molecule has 1 heterocycles. The fraction of sp³-hybridized carbons (Fsp3) is 0.222. The molecule has 1 fully saturated rings. The minimum Gasteiger partial charge on any atom is -0.481 e. The molecule has 0 saturated carbocycles. The Kier molecular flexibility index (Phi) is 7.22. The molecule has 3 amide bonds. The van der Waals surface area contributed by atoms with Crippen molar-refractivity contribution in [1.29, 1.82) is 0 Å². The summed E-state index contributed by atoms with van der Waals surface area (Å²) in [6.45, 7) is -0.129. The number of anilines is 1. The summed E-state index contributed by atoms with van der Waals surface area (Å²) in [6.07, 6.45) is 1.62. The molecule has 0 bridgehead atoms. The zero-order valence-corrected chi connectivity index (χ0v) is 18.7. The Labute approximate surface area is 198 Å². The molecule has 3 aromatic carbocycles. The highest BCUT2D eigenvalue weighted by molar-refractivity contribution is 5.92. The minimum absolute atomic E-state index is 0.0504. The van der Waals surface area contributed by atoms with Crippen LogP contribution in [0, 0.1) is 0 Å². The Morgan fingerprint density at radius 3 is 1.82 bits per heavy atom. The Morgan fingerprint density at radius 2 is 1.32 bits per heavy atom. The number of amides is 3. The molecule has 0 aromatic heterocycles. The summed E-state index contributed by atoms with van der Waals surface area (Å²) in [4.78, 5) is 38.5. The van der Waals surface area contributed by atoms with E-state index in [-0.39, 0.29) is 31.0 Å². The number of hydrogen-bond donors (Lipinski definition) is 3. The van der Waals surface area contributed by atoms with Gasteiger partial charge in [-0.2, -0.15) is 0 Å². The molecular weight excluding hydrogens is 430 g/mol. The van der Waals surface area contributed by atoms with Crippen molar-refractivity contribution in [2.75, 3.05) is 11.9 Å². The number of likely N-dealkylation sites (tertiary alicyclic amines) is 1. The SMILES string of the molecule is O=C(O)Cc1ccc(NC(=O)NCC(=O)N2C(c3ccccc3)CCC2c2ccccc2)cc1. The second-order valence-electron chi connectivity index (χ2n) is 8.31. The summed E-state index contributed by atoms with van der Waals surface area (Å²) in [5.41, 5.74) is 3.33. The first-order valence-corrected chi connectivity index (χ1v) is 11.3. The molecule has 3 N–H and O–H groups in total. The third-order valence-corrected chi connectivity index (χ3v) is 6.01. The lowest BCUT2D eigenvalue weighted by Gasteiger charge is -2.31. The van der Waals surface area contributed by atoms with E-state index in [1.165, 1.54) is 0 Å². The fourth-order valence-electron chi connectivity index (χ4n) is 4.47. The predicted octanol–water partition coefficient (Wildman–Crippen LogP) is 4.54. The average molecular weight is 458 g/mol. The van der Waals surface area contributed by atoms with Crippen LogP contribution in [0.5, 0.6) is 0 Å². The van der Waals surface area contributed by atoms with Crippen molar-refractivity contribution in [1.82, 2.24) is 10.2 Å². The highest BCUT2D eigenvalue weighted by Gasteiger charge is 2.38. The Bertz CT molecular complexity index is 1090. The number of nitrogens with one attached hydrogen (secondary N) is 2. The molecule has 4 rings (SSSR count). The Morgan fingerprint density at radius 1 is 0.794 bits per heavy atom. The number of carbonyl (C=O) groups excluding carboxylic acids is 2. The van der Waals surface area contributed by atoms with Gasteiger partial charge in [-0.15, -0.1) is 0 Å². The lowest BCUT2D eigenvalue weighted by atomic mass is 10.0. The van der Waals surface area contributed by atoms with E-state index in [0.29, 0.717) is 11.3 Å². The van der Waals surface area contributed by atoms with Gasteiger partial charge in [0.1, 0.15) is 0 Å². The van der Waals surface area contributed by atoms with Gasteiger partial charge in [-0.25, -0.2) is 4.79 Å². The fourth-order valence-corrected chi connectivity index (χ4v) is 4.47. The number of carbonyl (C=O) groups is 3. The molecule has 3 aromatic rings. The van der Waals surface area contributed by atoms with Crippen LogP contribution in [0.25, 0.3) is 0 Å². The predicted molar refractivity (Wildman–Crippen MR) is 129 cm³/mol. The number of aliphatic carboxylic acids is 1. The highest BCUT2D eigenvalue weighted by atomic mass is 16.4. The van der Waals surface area contributed by atoms with Crippen molar-refractivity contribution >= 4 is 23.6 Å². The zero-order valence-electron chi connectivity index (χ0n) is 18.7. The molecular formula is C27H27N3O4. The van der Waals surface area contributed by atoms with Crippen molar-refractivity contribution in [2.45, 2.75) is 31.3 Å². The first kappa shape index (κ1) is 23.0. The maximum Gasteiger partial charge on any atom is 0.319 e. The number of hydrogen-bond acceptors (Lipinski definition) is 3. The van der Waals surface area contributed by atoms with Crippen LogP contribution in [0.3, 0.4) is 0 Å². The largest absolute Gasteiger partial charge is 0.481 e. The van der Waals surface area contributed by atoms with E-state index in [4.69, 9.17) is 5.11 Å². The van der Waals surface area contributed by atoms with Gasteiger partial charge in [-0.1, -0.05) is 72.8 Å². The van der Waals surface area contributed by atoms with Crippen molar-refractivity contribution in [3.63, 3.8) is 0 Å². The van der Waals surface area contributed by atoms with E-state index in [1.54, 1.807) is 24.3 Å². The van der Waals surface area contributed by atoms with Crippen LogP contribution in [0.1, 0.15) is 41.6 Å². The smallest absolute Gasteiger partial charge is 0.319 e. The van der Waals surface area contributed by atoms with Crippen LogP contribution in [-0.2, 0) is 16.0 Å². The summed E-state index contributed by atoms with van der Waals surface area (Å²) in [5.74, 6) is -1.06. The van der Waals surface area contributed by atoms with E-state index in [2.05, 4.69) is 10.6 Å². The molecule has 2 unspecified atom stereocenters. The second-order valence-corrected chi connectivity index (χ2v) is 8.31. The number of rotatable bonds is 7. The van der Waals surface area contributed by atoms with Gasteiger partial charge in [0.25, 0.3) is 0 Å². The third kappa shape index (κ3) is 5.61. The van der Waals surface area contributed by atoms with Gasteiger partial charge in [-0.3, -0.25) is 9.59 Å². The normalized spacial score (nSPS) is 17.2. The number of benzene rings is 3. The van der Waals surface area contributed by atoms with Gasteiger partial charge >= 0.3 is 12.0 Å². The van der Waals surface area contributed by atoms with Crippen LogP contribution in [0.4, 0.5) is 10.5 Å². The van der Waals surface area contributed by atoms with Gasteiger partial charge < -0.3 is 20.6 Å². The van der Waals surface area contributed by atoms with Gasteiger partial charge in [0.05, 0.1) is 25.0 Å². The van der Waals surface area contributed by atoms with Gasteiger partial charge in [0.15, 0.2) is 0 Å². The molecule has 0 spiro atoms. The molecule has 1 aliphatic heterocycles. The van der Waals surface area contributed by atoms with Crippen molar-refractivity contribution < 1.29 is 19.5 Å². The first-order chi connectivity index (χ1) is 16.5. The molecule has 34 heavy (non-hydrogen) atoms. The Balaban J connectivity index is 1.42. The van der Waals surface area contributed by atoms with E-state index < -0.39 is 12.0 Å². The first-order valence-electron chi connectivity index (χ1n) is 11.3. The van der Waals surface area contributed by atoms with Crippen LogP contribution in [0.2, 0.25) is 0 Å². The van der Waals surface area contributed by atoms with Gasteiger partial charge in [-0.05, 0) is 41.7 Å². The van der Waals surface area contributed by atoms with Gasteiger partial charge in [0.2, 0.25) is 5.91 Å². The van der Waals surface area contributed by atoms with Crippen LogP contribution in [0.15, 0.2) is 84.9 Å². The zero-order chi connectivity index (χ0) is 23.9. The van der Waals surface area contributed by atoms with Crippen LogP contribution < -0.4 is 10.6 Å². The molecule has 0 radical (unpaired) electrons. The number of carboxylic acids is 1. The number of carboxylic acid groups (broad SMARTS) is 1. The van der Waals surface area contributed by atoms with Crippen molar-refractivity contribution in [2.24, 2.45) is 0 Å². The van der Waals surface area contributed by atoms with Crippen molar-refractivity contribution in [3.8, 4) is 0 Å².